The Balaban J connectivity index is 1.76. The second-order valence-electron chi connectivity index (χ2n) is 6.95. The Morgan fingerprint density at radius 3 is 2.68 bits per heavy atom. The van der Waals surface area contributed by atoms with Crippen LogP contribution in [0.15, 0.2) is 42.5 Å². The quantitative estimate of drug-likeness (QED) is 0.806. The molecular formula is C22H24N2O4. The molecule has 1 N–H and O–H groups in total. The summed E-state index contributed by atoms with van der Waals surface area (Å²) in [5.74, 6) is -1.33. The minimum Gasteiger partial charge on any atom is -0.462 e. The van der Waals surface area contributed by atoms with Crippen molar-refractivity contribution in [3.05, 3.63) is 59.2 Å². The van der Waals surface area contributed by atoms with E-state index in [2.05, 4.69) is 5.32 Å². The predicted octanol–water partition coefficient (Wildman–Crippen LogP) is 3.47. The molecule has 0 bridgehead atoms. The van der Waals surface area contributed by atoms with Crippen LogP contribution in [0.25, 0.3) is 0 Å². The van der Waals surface area contributed by atoms with Crippen LogP contribution in [0.5, 0.6) is 0 Å². The van der Waals surface area contributed by atoms with Crippen LogP contribution >= 0.6 is 0 Å². The summed E-state index contributed by atoms with van der Waals surface area (Å²) in [6.45, 7) is 6.22. The second kappa shape index (κ2) is 8.25. The summed E-state index contributed by atoms with van der Waals surface area (Å²) >= 11 is 0. The number of hydrogen-bond acceptors (Lipinski definition) is 4. The maximum atomic E-state index is 12.8. The zero-order chi connectivity index (χ0) is 20.3. The Morgan fingerprint density at radius 2 is 1.93 bits per heavy atom. The van der Waals surface area contributed by atoms with E-state index in [0.717, 1.165) is 16.8 Å². The number of nitrogens with zero attached hydrogens (tertiary/aromatic N) is 1. The van der Waals surface area contributed by atoms with Crippen LogP contribution in [0.2, 0.25) is 0 Å². The molecule has 2 aromatic rings. The Labute approximate surface area is 164 Å². The number of anilines is 2. The predicted molar refractivity (Wildman–Crippen MR) is 107 cm³/mol. The van der Waals surface area contributed by atoms with Crippen molar-refractivity contribution in [2.75, 3.05) is 23.4 Å². The number of amides is 2. The number of rotatable bonds is 5. The van der Waals surface area contributed by atoms with Gasteiger partial charge >= 0.3 is 5.97 Å². The molecule has 0 saturated carbocycles. The van der Waals surface area contributed by atoms with Gasteiger partial charge in [0.05, 0.1) is 23.8 Å². The first-order valence-corrected chi connectivity index (χ1v) is 9.35. The molecule has 0 radical (unpaired) electrons. The molecule has 2 amide bonds. The highest BCUT2D eigenvalue weighted by Gasteiger charge is 2.36. The molecule has 1 unspecified atom stereocenters. The highest BCUT2D eigenvalue weighted by molar-refractivity contribution is 6.06. The fraction of sp³-hybridized carbons (Fsp3) is 0.318. The molecule has 6 nitrogen and oxygen atoms in total. The van der Waals surface area contributed by atoms with Gasteiger partial charge in [-0.1, -0.05) is 24.3 Å². The molecule has 0 spiro atoms. The normalized spacial score (nSPS) is 16.2. The van der Waals surface area contributed by atoms with Crippen LogP contribution in [0.3, 0.4) is 0 Å². The number of ether oxygens (including phenoxy) is 1. The van der Waals surface area contributed by atoms with Crippen molar-refractivity contribution < 1.29 is 19.1 Å². The van der Waals surface area contributed by atoms with Crippen LogP contribution in [0.4, 0.5) is 11.4 Å². The minimum absolute atomic E-state index is 0.0764. The van der Waals surface area contributed by atoms with Crippen LogP contribution in [-0.4, -0.2) is 30.9 Å². The van der Waals surface area contributed by atoms with Gasteiger partial charge in [-0.15, -0.1) is 0 Å². The van der Waals surface area contributed by atoms with E-state index in [0.29, 0.717) is 17.8 Å². The van der Waals surface area contributed by atoms with Crippen molar-refractivity contribution in [3.63, 3.8) is 0 Å². The third kappa shape index (κ3) is 4.06. The molecule has 1 saturated heterocycles. The maximum absolute atomic E-state index is 12.8. The van der Waals surface area contributed by atoms with Gasteiger partial charge in [0.2, 0.25) is 11.8 Å². The molecule has 1 fully saturated rings. The van der Waals surface area contributed by atoms with Gasteiger partial charge < -0.3 is 15.0 Å². The van der Waals surface area contributed by atoms with E-state index in [1.165, 1.54) is 0 Å². The molecule has 1 atom stereocenters. The summed E-state index contributed by atoms with van der Waals surface area (Å²) in [5.41, 5.74) is 3.58. The van der Waals surface area contributed by atoms with Gasteiger partial charge in [0, 0.05) is 18.7 Å². The van der Waals surface area contributed by atoms with Crippen molar-refractivity contribution in [2.24, 2.45) is 5.92 Å². The lowest BCUT2D eigenvalue weighted by molar-refractivity contribution is -0.122. The lowest BCUT2D eigenvalue weighted by Gasteiger charge is -2.20. The van der Waals surface area contributed by atoms with Crippen LogP contribution < -0.4 is 10.2 Å². The van der Waals surface area contributed by atoms with Gasteiger partial charge in [0.1, 0.15) is 0 Å². The first-order valence-electron chi connectivity index (χ1n) is 9.35. The molecule has 1 aliphatic heterocycles. The molecule has 3 rings (SSSR count). The maximum Gasteiger partial charge on any atom is 0.340 e. The van der Waals surface area contributed by atoms with Gasteiger partial charge in [0.25, 0.3) is 0 Å². The average molecular weight is 380 g/mol. The summed E-state index contributed by atoms with van der Waals surface area (Å²) in [6, 6.07) is 12.6. The first-order chi connectivity index (χ1) is 13.4. The van der Waals surface area contributed by atoms with E-state index >= 15 is 0 Å². The van der Waals surface area contributed by atoms with Crippen molar-refractivity contribution >= 4 is 29.2 Å². The highest BCUT2D eigenvalue weighted by atomic mass is 16.5. The Kier molecular flexibility index (Phi) is 5.78. The second-order valence-corrected chi connectivity index (χ2v) is 6.95. The smallest absolute Gasteiger partial charge is 0.340 e. The lowest BCUT2D eigenvalue weighted by atomic mass is 10.1. The minimum atomic E-state index is -0.488. The fourth-order valence-corrected chi connectivity index (χ4v) is 3.34. The van der Waals surface area contributed by atoms with E-state index in [1.807, 2.05) is 32.0 Å². The Morgan fingerprint density at radius 1 is 1.18 bits per heavy atom. The summed E-state index contributed by atoms with van der Waals surface area (Å²) < 4.78 is 5.04. The topological polar surface area (TPSA) is 75.7 Å². The first kappa shape index (κ1) is 19.6. The Hall–Kier alpha value is -3.15. The molecule has 0 aromatic heterocycles. The van der Waals surface area contributed by atoms with Gasteiger partial charge in [0.15, 0.2) is 0 Å². The number of aryl methyl sites for hydroxylation is 2. The molecule has 146 valence electrons. The summed E-state index contributed by atoms with van der Waals surface area (Å²) in [6.07, 6.45) is 0.140. The van der Waals surface area contributed by atoms with Gasteiger partial charge in [-0.25, -0.2) is 4.79 Å². The molecule has 2 aromatic carbocycles. The zero-order valence-corrected chi connectivity index (χ0v) is 16.3. The van der Waals surface area contributed by atoms with Crippen molar-refractivity contribution in [1.82, 2.24) is 0 Å². The standard InChI is InChI=1S/C22H24N2O4/c1-4-28-22(27)17-7-5-6-8-18(17)23-21(26)16-12-20(25)24(13-16)19-11-14(2)9-10-15(19)3/h5-11,16H,4,12-13H2,1-3H3,(H,23,26). The number of benzene rings is 2. The number of carbonyl (C=O) groups excluding carboxylic acids is 3. The number of para-hydroxylation sites is 1. The Bertz CT molecular complexity index is 923. The number of esters is 1. The number of hydrogen-bond donors (Lipinski definition) is 1. The molecule has 28 heavy (non-hydrogen) atoms. The highest BCUT2D eigenvalue weighted by Crippen LogP contribution is 2.29. The van der Waals surface area contributed by atoms with Gasteiger partial charge in [-0.05, 0) is 50.1 Å². The van der Waals surface area contributed by atoms with Crippen LogP contribution in [-0.2, 0) is 14.3 Å². The third-order valence-electron chi connectivity index (χ3n) is 4.83. The molecule has 1 aliphatic rings. The van der Waals surface area contributed by atoms with Crippen molar-refractivity contribution in [2.45, 2.75) is 27.2 Å². The van der Waals surface area contributed by atoms with E-state index in [1.54, 1.807) is 36.1 Å². The van der Waals surface area contributed by atoms with Crippen LogP contribution in [0, 0.1) is 19.8 Å². The fourth-order valence-electron chi connectivity index (χ4n) is 3.34. The van der Waals surface area contributed by atoms with Crippen LogP contribution in [0.1, 0.15) is 34.8 Å². The van der Waals surface area contributed by atoms with Gasteiger partial charge in [-0.3, -0.25) is 9.59 Å². The molecule has 6 heteroatoms. The summed E-state index contributed by atoms with van der Waals surface area (Å²) in [5, 5.41) is 2.79. The number of carbonyl (C=O) groups is 3. The zero-order valence-electron chi connectivity index (χ0n) is 16.3. The molecule has 1 heterocycles. The van der Waals surface area contributed by atoms with E-state index < -0.39 is 11.9 Å². The lowest BCUT2D eigenvalue weighted by Crippen LogP contribution is -2.29. The SMILES string of the molecule is CCOC(=O)c1ccccc1NC(=O)C1CC(=O)N(c2cc(C)ccc2C)C1. The largest absolute Gasteiger partial charge is 0.462 e. The molecule has 0 aliphatic carbocycles. The number of nitrogens with one attached hydrogen (secondary N) is 1. The van der Waals surface area contributed by atoms with E-state index in [-0.39, 0.29) is 24.8 Å². The van der Waals surface area contributed by atoms with E-state index in [9.17, 15) is 14.4 Å². The third-order valence-corrected chi connectivity index (χ3v) is 4.83. The van der Waals surface area contributed by atoms with Crippen molar-refractivity contribution in [1.29, 1.82) is 0 Å². The van der Waals surface area contributed by atoms with Crippen molar-refractivity contribution in [3.8, 4) is 0 Å². The summed E-state index contributed by atoms with van der Waals surface area (Å²) in [4.78, 5) is 39.1. The molecular weight excluding hydrogens is 356 g/mol. The average Bonchev–Trinajstić information content (AvgIpc) is 3.06. The van der Waals surface area contributed by atoms with Gasteiger partial charge in [-0.2, -0.15) is 0 Å². The monoisotopic (exact) mass is 380 g/mol. The summed E-state index contributed by atoms with van der Waals surface area (Å²) in [7, 11) is 0. The van der Waals surface area contributed by atoms with E-state index in [4.69, 9.17) is 4.74 Å².